The van der Waals surface area contributed by atoms with E-state index in [1.54, 1.807) is 49.2 Å². The van der Waals surface area contributed by atoms with Gasteiger partial charge >= 0.3 is 0 Å². The lowest BCUT2D eigenvalue weighted by Gasteiger charge is -2.09. The van der Waals surface area contributed by atoms with Crippen LogP contribution < -0.4 is 5.32 Å². The Morgan fingerprint density at radius 3 is 2.57 bits per heavy atom. The average Bonchev–Trinajstić information content (AvgIpc) is 3.53. The third kappa shape index (κ3) is 4.10. The highest BCUT2D eigenvalue weighted by Gasteiger charge is 2.17. The zero-order chi connectivity index (χ0) is 25.5. The Bertz CT molecular complexity index is 1790. The van der Waals surface area contributed by atoms with Crippen molar-refractivity contribution in [2.45, 2.75) is 13.8 Å². The quantitative estimate of drug-likeness (QED) is 0.275. The van der Waals surface area contributed by atoms with Gasteiger partial charge in [-0.3, -0.25) is 19.9 Å². The van der Waals surface area contributed by atoms with Gasteiger partial charge in [-0.1, -0.05) is 32.0 Å². The van der Waals surface area contributed by atoms with E-state index in [9.17, 15) is 9.18 Å². The number of nitrogens with one attached hydrogen (secondary N) is 3. The minimum absolute atomic E-state index is 0.0762. The highest BCUT2D eigenvalue weighted by Crippen LogP contribution is 2.35. The molecule has 0 atom stereocenters. The number of aromatic amines is 2. The summed E-state index contributed by atoms with van der Waals surface area (Å²) >= 11 is 0. The molecule has 182 valence electrons. The number of amides is 1. The molecule has 0 fully saturated rings. The van der Waals surface area contributed by atoms with Gasteiger partial charge in [-0.15, -0.1) is 0 Å². The van der Waals surface area contributed by atoms with Gasteiger partial charge in [0.05, 0.1) is 29.3 Å². The molecule has 0 saturated carbocycles. The van der Waals surface area contributed by atoms with Gasteiger partial charge in [0, 0.05) is 57.5 Å². The van der Waals surface area contributed by atoms with E-state index in [2.05, 4.69) is 35.5 Å². The molecular formula is C28H22FN7O. The van der Waals surface area contributed by atoms with E-state index in [1.165, 1.54) is 6.07 Å². The third-order valence-electron chi connectivity index (χ3n) is 6.24. The van der Waals surface area contributed by atoms with Gasteiger partial charge in [0.15, 0.2) is 5.65 Å². The molecule has 3 N–H and O–H groups in total. The summed E-state index contributed by atoms with van der Waals surface area (Å²) in [5.74, 6) is -0.521. The second-order valence-electron chi connectivity index (χ2n) is 9.11. The number of carbonyl (C=O) groups is 1. The van der Waals surface area contributed by atoms with E-state index in [0.717, 1.165) is 33.1 Å². The van der Waals surface area contributed by atoms with Gasteiger partial charge in [0.1, 0.15) is 11.5 Å². The van der Waals surface area contributed by atoms with Gasteiger partial charge < -0.3 is 10.3 Å². The predicted octanol–water partition coefficient (Wildman–Crippen LogP) is 5.96. The summed E-state index contributed by atoms with van der Waals surface area (Å²) in [7, 11) is 0. The van der Waals surface area contributed by atoms with E-state index in [0.29, 0.717) is 28.2 Å². The molecule has 9 heteroatoms. The number of rotatable bonds is 5. The molecule has 0 bridgehead atoms. The molecule has 5 heterocycles. The van der Waals surface area contributed by atoms with Crippen LogP contribution in [0.15, 0.2) is 73.4 Å². The number of hydrogen-bond acceptors (Lipinski definition) is 5. The molecule has 0 spiro atoms. The van der Waals surface area contributed by atoms with Crippen molar-refractivity contribution >= 4 is 33.5 Å². The number of fused-ring (bicyclic) bond motifs is 2. The fourth-order valence-electron chi connectivity index (χ4n) is 4.29. The molecule has 6 aromatic rings. The summed E-state index contributed by atoms with van der Waals surface area (Å²) in [6.45, 7) is 3.68. The van der Waals surface area contributed by atoms with Gasteiger partial charge in [0.2, 0.25) is 5.91 Å². The largest absolute Gasteiger partial charge is 0.352 e. The smallest absolute Gasteiger partial charge is 0.226 e. The van der Waals surface area contributed by atoms with Crippen molar-refractivity contribution < 1.29 is 9.18 Å². The molecule has 0 radical (unpaired) electrons. The Labute approximate surface area is 211 Å². The van der Waals surface area contributed by atoms with Crippen molar-refractivity contribution in [3.63, 3.8) is 0 Å². The zero-order valence-electron chi connectivity index (χ0n) is 20.1. The van der Waals surface area contributed by atoms with Crippen LogP contribution in [-0.2, 0) is 4.79 Å². The fourth-order valence-corrected chi connectivity index (χ4v) is 4.29. The number of carbonyl (C=O) groups excluding carboxylic acids is 1. The Balaban J connectivity index is 1.42. The van der Waals surface area contributed by atoms with E-state index in [-0.39, 0.29) is 17.6 Å². The second kappa shape index (κ2) is 8.94. The topological polar surface area (TPSA) is 112 Å². The standard InChI is InChI=1S/C28H22FN7O/c1-15(2)28(37)33-18-7-16(10-30-12-18)17-8-21-26(35-36-27(21)32-11-17)24-9-20-22(13-31-14-25(20)34-24)19-5-3-4-6-23(19)29/h3-15,34H,1-2H3,(H,33,37)(H,32,35,36). The Hall–Kier alpha value is -4.92. The van der Waals surface area contributed by atoms with E-state index in [1.807, 2.05) is 32.0 Å². The molecule has 0 aliphatic carbocycles. The molecule has 8 nitrogen and oxygen atoms in total. The molecule has 0 unspecified atom stereocenters. The van der Waals surface area contributed by atoms with Crippen molar-refractivity contribution in [1.82, 2.24) is 30.1 Å². The molecule has 1 amide bonds. The molecule has 37 heavy (non-hydrogen) atoms. The first-order chi connectivity index (χ1) is 18.0. The number of nitrogens with zero attached hydrogens (tertiary/aromatic N) is 4. The number of anilines is 1. The highest BCUT2D eigenvalue weighted by atomic mass is 19.1. The molecule has 0 aliphatic heterocycles. The van der Waals surface area contributed by atoms with Crippen LogP contribution in [0.3, 0.4) is 0 Å². The Morgan fingerprint density at radius 1 is 0.919 bits per heavy atom. The van der Waals surface area contributed by atoms with Gasteiger partial charge in [-0.05, 0) is 24.3 Å². The third-order valence-corrected chi connectivity index (χ3v) is 6.24. The van der Waals surface area contributed by atoms with E-state index < -0.39 is 0 Å². The normalized spacial score (nSPS) is 11.5. The first-order valence-corrected chi connectivity index (χ1v) is 11.8. The second-order valence-corrected chi connectivity index (χ2v) is 9.11. The summed E-state index contributed by atoms with van der Waals surface area (Å²) < 4.78 is 14.5. The van der Waals surface area contributed by atoms with Crippen LogP contribution in [0.25, 0.3) is 55.6 Å². The van der Waals surface area contributed by atoms with Crippen LogP contribution in [0, 0.1) is 11.7 Å². The SMILES string of the molecule is CC(C)C(=O)Nc1cncc(-c2cnc3[nH]nc(-c4cc5c(-c6ccccc6F)cncc5[nH]4)c3c2)c1. The van der Waals surface area contributed by atoms with Crippen molar-refractivity contribution in [3.05, 3.63) is 79.3 Å². The van der Waals surface area contributed by atoms with Crippen molar-refractivity contribution in [3.8, 4) is 33.6 Å². The lowest BCUT2D eigenvalue weighted by atomic mass is 10.0. The molecule has 0 aliphatic rings. The molecule has 6 rings (SSSR count). The minimum Gasteiger partial charge on any atom is -0.352 e. The van der Waals surface area contributed by atoms with Crippen LogP contribution in [0.1, 0.15) is 13.8 Å². The van der Waals surface area contributed by atoms with Gasteiger partial charge in [-0.25, -0.2) is 9.37 Å². The van der Waals surface area contributed by atoms with Crippen LogP contribution in [0.5, 0.6) is 0 Å². The number of H-pyrrole nitrogens is 2. The summed E-state index contributed by atoms with van der Waals surface area (Å²) in [5, 5.41) is 12.0. The first-order valence-electron chi connectivity index (χ1n) is 11.8. The first kappa shape index (κ1) is 22.5. The van der Waals surface area contributed by atoms with Crippen molar-refractivity contribution in [2.24, 2.45) is 5.92 Å². The highest BCUT2D eigenvalue weighted by molar-refractivity contribution is 6.01. The Kier molecular flexibility index (Phi) is 5.45. The molecule has 0 saturated heterocycles. The fraction of sp³-hybridized carbons (Fsp3) is 0.107. The van der Waals surface area contributed by atoms with Gasteiger partial charge in [-0.2, -0.15) is 5.10 Å². The van der Waals surface area contributed by atoms with Gasteiger partial charge in [0.25, 0.3) is 0 Å². The molecule has 5 aromatic heterocycles. The lowest BCUT2D eigenvalue weighted by Crippen LogP contribution is -2.17. The summed E-state index contributed by atoms with van der Waals surface area (Å²) in [6, 6.07) is 12.4. The summed E-state index contributed by atoms with van der Waals surface area (Å²) in [5.41, 5.74) is 6.27. The van der Waals surface area contributed by atoms with E-state index in [4.69, 9.17) is 0 Å². The number of hydrogen-bond donors (Lipinski definition) is 3. The number of aromatic nitrogens is 6. The van der Waals surface area contributed by atoms with Crippen LogP contribution in [0.2, 0.25) is 0 Å². The summed E-state index contributed by atoms with van der Waals surface area (Å²) in [6.07, 6.45) is 8.46. The van der Waals surface area contributed by atoms with Crippen LogP contribution in [0.4, 0.5) is 10.1 Å². The van der Waals surface area contributed by atoms with Crippen molar-refractivity contribution in [2.75, 3.05) is 5.32 Å². The number of benzene rings is 1. The predicted molar refractivity (Wildman–Crippen MR) is 141 cm³/mol. The van der Waals surface area contributed by atoms with Crippen LogP contribution in [-0.4, -0.2) is 36.0 Å². The average molecular weight is 492 g/mol. The lowest BCUT2D eigenvalue weighted by molar-refractivity contribution is -0.118. The summed E-state index contributed by atoms with van der Waals surface area (Å²) in [4.78, 5) is 28.6. The van der Waals surface area contributed by atoms with E-state index >= 15 is 0 Å². The maximum atomic E-state index is 14.5. The van der Waals surface area contributed by atoms with Crippen LogP contribution >= 0.6 is 0 Å². The van der Waals surface area contributed by atoms with Crippen molar-refractivity contribution in [1.29, 1.82) is 0 Å². The maximum Gasteiger partial charge on any atom is 0.226 e. The Morgan fingerprint density at radius 2 is 1.73 bits per heavy atom. The molecule has 1 aromatic carbocycles. The zero-order valence-corrected chi connectivity index (χ0v) is 20.1. The number of halogens is 1. The maximum absolute atomic E-state index is 14.5. The molecular weight excluding hydrogens is 469 g/mol. The minimum atomic E-state index is -0.306. The number of pyridine rings is 3. The monoisotopic (exact) mass is 491 g/mol.